The normalized spacial score (nSPS) is 20.2. The fourth-order valence-electron chi connectivity index (χ4n) is 3.06. The number of nitrogens with one attached hydrogen (secondary N) is 1. The lowest BCUT2D eigenvalue weighted by molar-refractivity contribution is 0.474. The van der Waals surface area contributed by atoms with E-state index >= 15 is 0 Å². The van der Waals surface area contributed by atoms with Crippen LogP contribution in [0.4, 0.5) is 11.4 Å². The minimum Gasteiger partial charge on any atom is -0.454 e. The second-order valence-corrected chi connectivity index (χ2v) is 6.80. The summed E-state index contributed by atoms with van der Waals surface area (Å²) in [5, 5.41) is 0. The van der Waals surface area contributed by atoms with Gasteiger partial charge in [0.25, 0.3) is 0 Å². The maximum Gasteiger partial charge on any atom is 0.154 e. The minimum atomic E-state index is -1.31. The molecule has 22 heavy (non-hydrogen) atoms. The molecule has 2 aromatic rings. The van der Waals surface area contributed by atoms with E-state index in [1.165, 1.54) is 19.3 Å². The van der Waals surface area contributed by atoms with Gasteiger partial charge in [0.15, 0.2) is 16.7 Å². The second kappa shape index (κ2) is 5.65. The summed E-state index contributed by atoms with van der Waals surface area (Å²) >= 11 is 0. The van der Waals surface area contributed by atoms with E-state index in [1.807, 2.05) is 36.4 Å². The maximum absolute atomic E-state index is 12.6. The summed E-state index contributed by atoms with van der Waals surface area (Å²) in [6.07, 6.45) is 3.69. The van der Waals surface area contributed by atoms with Crippen LogP contribution in [-0.4, -0.2) is 17.3 Å². The quantitative estimate of drug-likeness (QED) is 0.867. The number of nitrogens with zero attached hydrogens (tertiary/aromatic N) is 1. The van der Waals surface area contributed by atoms with E-state index in [2.05, 4.69) is 15.7 Å². The first-order valence-electron chi connectivity index (χ1n) is 7.66. The summed E-state index contributed by atoms with van der Waals surface area (Å²) < 4.78 is 21.8. The number of ether oxygens (including phenoxy) is 1. The highest BCUT2D eigenvalue weighted by Gasteiger charge is 2.24. The van der Waals surface area contributed by atoms with Gasteiger partial charge in [-0.15, -0.1) is 0 Å². The van der Waals surface area contributed by atoms with Crippen LogP contribution in [0.15, 0.2) is 47.4 Å². The lowest BCUT2D eigenvalue weighted by atomic mass is 10.1. The smallest absolute Gasteiger partial charge is 0.154 e. The van der Waals surface area contributed by atoms with Crippen LogP contribution in [0.2, 0.25) is 0 Å². The zero-order valence-corrected chi connectivity index (χ0v) is 13.1. The van der Waals surface area contributed by atoms with Gasteiger partial charge in [0, 0.05) is 13.1 Å². The Morgan fingerprint density at radius 1 is 0.955 bits per heavy atom. The largest absolute Gasteiger partial charge is 0.454 e. The van der Waals surface area contributed by atoms with Crippen LogP contribution in [0.3, 0.4) is 0 Å². The molecular formula is C17H18N2O2S. The number of hydrogen-bond acceptors (Lipinski definition) is 3. The Bertz CT molecular complexity index is 726. The van der Waals surface area contributed by atoms with Gasteiger partial charge in [-0.05, 0) is 43.5 Å². The van der Waals surface area contributed by atoms with Crippen molar-refractivity contribution in [3.05, 3.63) is 42.5 Å². The van der Waals surface area contributed by atoms with Crippen molar-refractivity contribution in [3.8, 4) is 11.5 Å². The zero-order chi connectivity index (χ0) is 14.9. The third kappa shape index (κ3) is 2.35. The summed E-state index contributed by atoms with van der Waals surface area (Å²) in [4.78, 5) is 3.04. The summed E-state index contributed by atoms with van der Waals surface area (Å²) in [6.45, 7) is 2.08. The molecular weight excluding hydrogens is 296 g/mol. The van der Waals surface area contributed by atoms with Gasteiger partial charge in [0.1, 0.15) is 16.3 Å². The van der Waals surface area contributed by atoms with Gasteiger partial charge in [-0.3, -0.25) is 4.72 Å². The monoisotopic (exact) mass is 314 g/mol. The molecule has 4 rings (SSSR count). The Balaban J connectivity index is 1.78. The predicted molar refractivity (Wildman–Crippen MR) is 89.1 cm³/mol. The molecule has 1 N–H and O–H groups in total. The van der Waals surface area contributed by atoms with Gasteiger partial charge in [0.2, 0.25) is 0 Å². The molecule has 2 aromatic carbocycles. The Kier molecular flexibility index (Phi) is 3.50. The third-order valence-corrected chi connectivity index (χ3v) is 5.29. The first kappa shape index (κ1) is 13.6. The Morgan fingerprint density at radius 3 is 2.59 bits per heavy atom. The van der Waals surface area contributed by atoms with Crippen LogP contribution in [0.25, 0.3) is 0 Å². The molecule has 0 radical (unpaired) electrons. The Morgan fingerprint density at radius 2 is 1.73 bits per heavy atom. The van der Waals surface area contributed by atoms with Crippen molar-refractivity contribution >= 4 is 22.4 Å². The van der Waals surface area contributed by atoms with Gasteiger partial charge < -0.3 is 9.64 Å². The molecule has 1 unspecified atom stereocenters. The van der Waals surface area contributed by atoms with E-state index in [4.69, 9.17) is 4.74 Å². The van der Waals surface area contributed by atoms with E-state index in [1.54, 1.807) is 0 Å². The molecule has 2 aliphatic heterocycles. The molecule has 0 spiro atoms. The summed E-state index contributed by atoms with van der Waals surface area (Å²) in [5.41, 5.74) is 1.91. The molecule has 5 heteroatoms. The van der Waals surface area contributed by atoms with Gasteiger partial charge in [-0.25, -0.2) is 4.21 Å². The fourth-order valence-corrected chi connectivity index (χ4v) is 4.05. The zero-order valence-electron chi connectivity index (χ0n) is 12.2. The van der Waals surface area contributed by atoms with E-state index in [9.17, 15) is 4.21 Å². The highest BCUT2D eigenvalue weighted by molar-refractivity contribution is 7.86. The average molecular weight is 314 g/mol. The number of fused-ring (bicyclic) bond motifs is 2. The molecule has 0 amide bonds. The summed E-state index contributed by atoms with van der Waals surface area (Å²) in [5.74, 6) is 1.39. The van der Waals surface area contributed by atoms with Gasteiger partial charge in [-0.2, -0.15) is 0 Å². The predicted octanol–water partition coefficient (Wildman–Crippen LogP) is 3.92. The SMILES string of the molecule is O=S1Nc2c(cccc2N2CCCCC2)Oc2ccccc21. The van der Waals surface area contributed by atoms with E-state index in [0.717, 1.165) is 30.2 Å². The van der Waals surface area contributed by atoms with E-state index < -0.39 is 11.0 Å². The van der Waals surface area contributed by atoms with Crippen LogP contribution in [0, 0.1) is 0 Å². The van der Waals surface area contributed by atoms with Crippen molar-refractivity contribution in [1.82, 2.24) is 0 Å². The number of anilines is 2. The molecule has 1 saturated heterocycles. The first-order valence-corrected chi connectivity index (χ1v) is 8.81. The number of piperidine rings is 1. The molecule has 4 nitrogen and oxygen atoms in total. The van der Waals surface area contributed by atoms with Crippen molar-refractivity contribution < 1.29 is 8.95 Å². The molecule has 0 aliphatic carbocycles. The highest BCUT2D eigenvalue weighted by atomic mass is 32.2. The van der Waals surface area contributed by atoms with Crippen molar-refractivity contribution in [2.24, 2.45) is 0 Å². The van der Waals surface area contributed by atoms with Crippen LogP contribution in [-0.2, 0) is 11.0 Å². The lowest BCUT2D eigenvalue weighted by Crippen LogP contribution is -2.30. The third-order valence-electron chi connectivity index (χ3n) is 4.16. The number of para-hydroxylation sites is 2. The Hall–Kier alpha value is -2.01. The van der Waals surface area contributed by atoms with Gasteiger partial charge in [0.05, 0.1) is 5.69 Å². The number of hydrogen-bond donors (Lipinski definition) is 1. The number of rotatable bonds is 1. The Labute approximate surface area is 132 Å². The minimum absolute atomic E-state index is 0.655. The van der Waals surface area contributed by atoms with Crippen LogP contribution < -0.4 is 14.4 Å². The molecule has 2 aliphatic rings. The molecule has 0 aromatic heterocycles. The van der Waals surface area contributed by atoms with Gasteiger partial charge in [-0.1, -0.05) is 18.2 Å². The average Bonchev–Trinajstić information content (AvgIpc) is 2.71. The maximum atomic E-state index is 12.6. The van der Waals surface area contributed by atoms with E-state index in [0.29, 0.717) is 10.6 Å². The molecule has 0 bridgehead atoms. The fraction of sp³-hybridized carbons (Fsp3) is 0.294. The number of benzene rings is 2. The van der Waals surface area contributed by atoms with Crippen molar-refractivity contribution in [1.29, 1.82) is 0 Å². The molecule has 114 valence electrons. The van der Waals surface area contributed by atoms with E-state index in [-0.39, 0.29) is 0 Å². The standard InChI is InChI=1S/C17H18N2O2S/c20-22-16-10-3-2-8-14(16)21-15-9-6-7-13(17(15)18-22)19-11-4-1-5-12-19/h2-3,6-10,18H,1,4-5,11-12H2. The topological polar surface area (TPSA) is 41.6 Å². The molecule has 2 heterocycles. The molecule has 1 atom stereocenters. The molecule has 0 saturated carbocycles. The van der Waals surface area contributed by atoms with Crippen LogP contribution in [0.1, 0.15) is 19.3 Å². The highest BCUT2D eigenvalue weighted by Crippen LogP contribution is 2.43. The van der Waals surface area contributed by atoms with Gasteiger partial charge >= 0.3 is 0 Å². The van der Waals surface area contributed by atoms with Crippen molar-refractivity contribution in [2.75, 3.05) is 22.7 Å². The van der Waals surface area contributed by atoms with Crippen molar-refractivity contribution in [3.63, 3.8) is 0 Å². The van der Waals surface area contributed by atoms with Crippen molar-refractivity contribution in [2.45, 2.75) is 24.2 Å². The van der Waals surface area contributed by atoms with Crippen LogP contribution >= 0.6 is 0 Å². The second-order valence-electron chi connectivity index (χ2n) is 5.62. The van der Waals surface area contributed by atoms with Crippen LogP contribution in [0.5, 0.6) is 11.5 Å². The summed E-state index contributed by atoms with van der Waals surface area (Å²) in [6, 6.07) is 13.5. The molecule has 1 fully saturated rings. The summed E-state index contributed by atoms with van der Waals surface area (Å²) in [7, 11) is -1.31. The first-order chi connectivity index (χ1) is 10.8. The lowest BCUT2D eigenvalue weighted by Gasteiger charge is -2.30.